The summed E-state index contributed by atoms with van der Waals surface area (Å²) in [4.78, 5) is 14.9. The van der Waals surface area contributed by atoms with E-state index >= 15 is 0 Å². The van der Waals surface area contributed by atoms with Crippen LogP contribution >= 0.6 is 11.8 Å². The van der Waals surface area contributed by atoms with Gasteiger partial charge in [-0.05, 0) is 30.0 Å². The molecule has 3 aromatic rings. The number of aromatic nitrogens is 4. The maximum Gasteiger partial charge on any atom is 0.338 e. The molecule has 0 fully saturated rings. The molecule has 0 radical (unpaired) electrons. The molecule has 3 heterocycles. The van der Waals surface area contributed by atoms with E-state index in [2.05, 4.69) is 15.2 Å². The second kappa shape index (κ2) is 4.89. The average molecular weight is 290 g/mol. The van der Waals surface area contributed by atoms with Crippen molar-refractivity contribution in [2.24, 2.45) is 0 Å². The maximum atomic E-state index is 13.1. The Morgan fingerprint density at radius 1 is 1.35 bits per heavy atom. The molecule has 6 nitrogen and oxygen atoms in total. The summed E-state index contributed by atoms with van der Waals surface area (Å²) in [5.74, 6) is -1.94. The predicted octanol–water partition coefficient (Wildman–Crippen LogP) is 2.11. The van der Waals surface area contributed by atoms with Crippen molar-refractivity contribution in [2.45, 2.75) is 10.2 Å². The summed E-state index contributed by atoms with van der Waals surface area (Å²) in [6, 6.07) is 6.32. The van der Waals surface area contributed by atoms with E-state index in [1.165, 1.54) is 0 Å². The first-order valence-corrected chi connectivity index (χ1v) is 6.33. The standard InChI is InChI=1S/C12H7FN4O2S/c13-7-5-8(11(18)19)10(14-6-7)20-12-16-15-9-3-1-2-4-17(9)12/h1-6H,(H,18,19). The fraction of sp³-hybridized carbons (Fsp3) is 0. The summed E-state index contributed by atoms with van der Waals surface area (Å²) in [6.45, 7) is 0. The summed E-state index contributed by atoms with van der Waals surface area (Å²) in [7, 11) is 0. The minimum Gasteiger partial charge on any atom is -0.478 e. The Morgan fingerprint density at radius 3 is 3.00 bits per heavy atom. The van der Waals surface area contributed by atoms with Gasteiger partial charge in [0.25, 0.3) is 0 Å². The molecular formula is C12H7FN4O2S. The number of halogens is 1. The van der Waals surface area contributed by atoms with E-state index < -0.39 is 11.8 Å². The molecule has 0 atom stereocenters. The molecule has 0 aliphatic carbocycles. The number of nitrogens with zero attached hydrogens (tertiary/aromatic N) is 4. The Morgan fingerprint density at radius 2 is 2.20 bits per heavy atom. The van der Waals surface area contributed by atoms with Gasteiger partial charge in [0.2, 0.25) is 5.16 Å². The summed E-state index contributed by atoms with van der Waals surface area (Å²) in [5.41, 5.74) is 0.427. The summed E-state index contributed by atoms with van der Waals surface area (Å²) >= 11 is 1.02. The van der Waals surface area contributed by atoms with E-state index in [-0.39, 0.29) is 10.6 Å². The SMILES string of the molecule is O=C(O)c1cc(F)cnc1Sc1nnc2ccccn12. The molecule has 3 aromatic heterocycles. The van der Waals surface area contributed by atoms with Crippen molar-refractivity contribution in [3.8, 4) is 0 Å². The second-order valence-electron chi connectivity index (χ2n) is 3.82. The number of carboxylic acid groups (broad SMARTS) is 1. The lowest BCUT2D eigenvalue weighted by molar-refractivity contribution is 0.0691. The molecule has 0 amide bonds. The largest absolute Gasteiger partial charge is 0.478 e. The van der Waals surface area contributed by atoms with E-state index in [0.29, 0.717) is 10.8 Å². The van der Waals surface area contributed by atoms with Crippen LogP contribution in [0, 0.1) is 5.82 Å². The third-order valence-electron chi connectivity index (χ3n) is 2.52. The number of carbonyl (C=O) groups is 1. The van der Waals surface area contributed by atoms with Crippen molar-refractivity contribution >= 4 is 23.4 Å². The minimum atomic E-state index is -1.24. The Bertz CT molecular complexity index is 805. The molecular weight excluding hydrogens is 283 g/mol. The molecule has 0 bridgehead atoms. The second-order valence-corrected chi connectivity index (χ2v) is 4.78. The zero-order valence-electron chi connectivity index (χ0n) is 9.89. The van der Waals surface area contributed by atoms with Crippen LogP contribution in [0.2, 0.25) is 0 Å². The van der Waals surface area contributed by atoms with Crippen LogP contribution in [-0.2, 0) is 0 Å². The fourth-order valence-electron chi connectivity index (χ4n) is 1.64. The molecule has 0 aliphatic rings. The topological polar surface area (TPSA) is 80.4 Å². The summed E-state index contributed by atoms with van der Waals surface area (Å²) in [6.07, 6.45) is 2.72. The van der Waals surface area contributed by atoms with Gasteiger partial charge < -0.3 is 5.11 Å². The smallest absolute Gasteiger partial charge is 0.338 e. The van der Waals surface area contributed by atoms with Crippen molar-refractivity contribution in [3.05, 3.63) is 48.0 Å². The molecule has 20 heavy (non-hydrogen) atoms. The highest BCUT2D eigenvalue weighted by molar-refractivity contribution is 7.99. The fourth-order valence-corrected chi connectivity index (χ4v) is 2.51. The van der Waals surface area contributed by atoms with Gasteiger partial charge >= 0.3 is 5.97 Å². The molecule has 0 saturated heterocycles. The zero-order chi connectivity index (χ0) is 14.1. The van der Waals surface area contributed by atoms with Crippen molar-refractivity contribution in [1.82, 2.24) is 19.6 Å². The number of hydrogen-bond acceptors (Lipinski definition) is 5. The molecule has 0 saturated carbocycles. The number of aromatic carboxylic acids is 1. The van der Waals surface area contributed by atoms with Crippen LogP contribution < -0.4 is 0 Å². The van der Waals surface area contributed by atoms with Gasteiger partial charge in [0.1, 0.15) is 10.8 Å². The van der Waals surface area contributed by atoms with Crippen LogP contribution in [-0.4, -0.2) is 30.7 Å². The van der Waals surface area contributed by atoms with E-state index in [1.54, 1.807) is 22.7 Å². The Kier molecular flexibility index (Phi) is 3.07. The number of hydrogen-bond donors (Lipinski definition) is 1. The van der Waals surface area contributed by atoms with Crippen molar-refractivity contribution in [1.29, 1.82) is 0 Å². The van der Waals surface area contributed by atoms with Crippen LogP contribution in [0.5, 0.6) is 0 Å². The number of fused-ring (bicyclic) bond motifs is 1. The van der Waals surface area contributed by atoms with Gasteiger partial charge in [0.15, 0.2) is 5.65 Å². The predicted molar refractivity (Wildman–Crippen MR) is 68.3 cm³/mol. The Hall–Kier alpha value is -2.48. The molecule has 0 unspecified atom stereocenters. The molecule has 1 N–H and O–H groups in total. The number of pyridine rings is 2. The Labute approximate surface area is 116 Å². The summed E-state index contributed by atoms with van der Waals surface area (Å²) < 4.78 is 14.8. The van der Waals surface area contributed by atoms with Gasteiger partial charge in [0.05, 0.1) is 11.8 Å². The highest BCUT2D eigenvalue weighted by Gasteiger charge is 2.16. The van der Waals surface area contributed by atoms with Crippen LogP contribution in [0.25, 0.3) is 5.65 Å². The van der Waals surface area contributed by atoms with Crippen molar-refractivity contribution in [2.75, 3.05) is 0 Å². The van der Waals surface area contributed by atoms with Crippen LogP contribution in [0.15, 0.2) is 46.8 Å². The summed E-state index contributed by atoms with van der Waals surface area (Å²) in [5, 5.41) is 17.6. The maximum absolute atomic E-state index is 13.1. The highest BCUT2D eigenvalue weighted by atomic mass is 32.2. The lowest BCUT2D eigenvalue weighted by atomic mass is 10.3. The minimum absolute atomic E-state index is 0.164. The quantitative estimate of drug-likeness (QED) is 0.795. The normalized spacial score (nSPS) is 10.8. The Balaban J connectivity index is 2.05. The number of rotatable bonds is 3. The van der Waals surface area contributed by atoms with Crippen molar-refractivity contribution in [3.63, 3.8) is 0 Å². The first kappa shape index (κ1) is 12.5. The van der Waals surface area contributed by atoms with E-state index in [9.17, 15) is 9.18 Å². The molecule has 100 valence electrons. The molecule has 0 spiro atoms. The zero-order valence-corrected chi connectivity index (χ0v) is 10.7. The number of carboxylic acids is 1. The van der Waals surface area contributed by atoms with Gasteiger partial charge in [-0.25, -0.2) is 14.2 Å². The first-order valence-electron chi connectivity index (χ1n) is 5.51. The van der Waals surface area contributed by atoms with Crippen molar-refractivity contribution < 1.29 is 14.3 Å². The van der Waals surface area contributed by atoms with Gasteiger partial charge in [-0.2, -0.15) is 0 Å². The van der Waals surface area contributed by atoms with Gasteiger partial charge in [-0.15, -0.1) is 10.2 Å². The van der Waals surface area contributed by atoms with E-state index in [1.807, 2.05) is 6.07 Å². The molecule has 3 rings (SSSR count). The van der Waals surface area contributed by atoms with Crippen LogP contribution in [0.4, 0.5) is 4.39 Å². The third-order valence-corrected chi connectivity index (χ3v) is 3.50. The average Bonchev–Trinajstić information content (AvgIpc) is 2.84. The third kappa shape index (κ3) is 2.21. The first-order chi connectivity index (χ1) is 9.65. The van der Waals surface area contributed by atoms with E-state index in [0.717, 1.165) is 24.0 Å². The van der Waals surface area contributed by atoms with Gasteiger partial charge in [-0.3, -0.25) is 4.40 Å². The van der Waals surface area contributed by atoms with Crippen LogP contribution in [0.3, 0.4) is 0 Å². The van der Waals surface area contributed by atoms with Gasteiger partial charge in [-0.1, -0.05) is 6.07 Å². The van der Waals surface area contributed by atoms with Gasteiger partial charge in [0, 0.05) is 6.20 Å². The molecule has 0 aromatic carbocycles. The van der Waals surface area contributed by atoms with E-state index in [4.69, 9.17) is 5.11 Å². The molecule has 8 heteroatoms. The molecule has 0 aliphatic heterocycles. The lowest BCUT2D eigenvalue weighted by Crippen LogP contribution is -2.02. The lowest BCUT2D eigenvalue weighted by Gasteiger charge is -2.03. The highest BCUT2D eigenvalue weighted by Crippen LogP contribution is 2.28. The van der Waals surface area contributed by atoms with Crippen LogP contribution in [0.1, 0.15) is 10.4 Å². The monoisotopic (exact) mass is 290 g/mol.